The Morgan fingerprint density at radius 3 is 2.42 bits per heavy atom. The van der Waals surface area contributed by atoms with Crippen LogP contribution in [0.5, 0.6) is 5.75 Å². The number of halogens is 1. The molecule has 0 fully saturated rings. The van der Waals surface area contributed by atoms with Crippen LogP contribution < -0.4 is 15.4 Å². The first-order valence-electron chi connectivity index (χ1n) is 14.9. The van der Waals surface area contributed by atoms with Gasteiger partial charge in [-0.1, -0.05) is 79.7 Å². The lowest BCUT2D eigenvalue weighted by atomic mass is 10.1. The zero-order chi connectivity index (χ0) is 31.9. The molecule has 2 aromatic carbocycles. The average Bonchev–Trinajstić information content (AvgIpc) is 3.51. The second-order valence-electron chi connectivity index (χ2n) is 10.7. The van der Waals surface area contributed by atoms with Gasteiger partial charge in [-0.2, -0.15) is 3.89 Å². The number of unbranched alkanes of at least 4 members (excludes halogenated alkanes) is 5. The molecule has 13 heteroatoms. The van der Waals surface area contributed by atoms with Crippen LogP contribution in [0.3, 0.4) is 0 Å². The first kappa shape index (κ1) is 34.3. The van der Waals surface area contributed by atoms with E-state index in [1.807, 2.05) is 53.3 Å². The van der Waals surface area contributed by atoms with Crippen molar-refractivity contribution in [3.05, 3.63) is 102 Å². The molecule has 0 saturated heterocycles. The van der Waals surface area contributed by atoms with Crippen molar-refractivity contribution < 1.29 is 23.2 Å². The summed E-state index contributed by atoms with van der Waals surface area (Å²) in [6, 6.07) is 20.0. The monoisotopic (exact) mass is 654 g/mol. The number of pyridine rings is 1. The smallest absolute Gasteiger partial charge is 0.252 e. The van der Waals surface area contributed by atoms with Crippen LogP contribution in [-0.4, -0.2) is 48.5 Å². The van der Waals surface area contributed by atoms with Gasteiger partial charge in [-0.15, -0.1) is 5.10 Å². The molecule has 10 nitrogen and oxygen atoms in total. The van der Waals surface area contributed by atoms with Crippen molar-refractivity contribution in [3.63, 3.8) is 0 Å². The molecular formula is C32H40FN6O4PS. The number of carbonyl (C=O) groups is 1. The first-order valence-corrected chi connectivity index (χ1v) is 17.6. The van der Waals surface area contributed by atoms with Gasteiger partial charge < -0.3 is 19.8 Å². The van der Waals surface area contributed by atoms with E-state index in [0.29, 0.717) is 24.4 Å². The van der Waals surface area contributed by atoms with Gasteiger partial charge in [0.05, 0.1) is 17.5 Å². The van der Waals surface area contributed by atoms with Gasteiger partial charge in [0.15, 0.2) is 0 Å². The molecule has 0 radical (unpaired) electrons. The Hall–Kier alpha value is -3.54. The minimum Gasteiger partial charge on any atom is -0.487 e. The van der Waals surface area contributed by atoms with Crippen molar-refractivity contribution in [3.8, 4) is 5.75 Å². The minimum absolute atomic E-state index is 0.0553. The molecule has 2 heterocycles. The number of aromatic nitrogens is 4. The van der Waals surface area contributed by atoms with Crippen LogP contribution in [0, 0.1) is 0 Å². The molecule has 4 aromatic rings. The second kappa shape index (κ2) is 17.8. The van der Waals surface area contributed by atoms with E-state index in [2.05, 4.69) is 32.2 Å². The van der Waals surface area contributed by atoms with Gasteiger partial charge in [0.1, 0.15) is 42.6 Å². The maximum atomic E-state index is 12.5. The Morgan fingerprint density at radius 2 is 1.73 bits per heavy atom. The molecule has 0 spiro atoms. The third kappa shape index (κ3) is 11.7. The number of nitrogens with zero attached hydrogens (tertiary/aromatic N) is 4. The summed E-state index contributed by atoms with van der Waals surface area (Å²) in [4.78, 5) is 36.7. The van der Waals surface area contributed by atoms with Crippen LogP contribution in [0.2, 0.25) is 0 Å². The minimum atomic E-state index is -3.44. The molecule has 1 unspecified atom stereocenters. The van der Waals surface area contributed by atoms with Crippen molar-refractivity contribution in [2.24, 2.45) is 0 Å². The summed E-state index contributed by atoms with van der Waals surface area (Å²) >= 11 is 0.0553. The van der Waals surface area contributed by atoms with Gasteiger partial charge in [0, 0.05) is 25.8 Å². The topological polar surface area (TPSA) is 134 Å². The normalized spacial score (nSPS) is 12.2. The quantitative estimate of drug-likeness (QED) is 0.0704. The number of nitrogens with one attached hydrogen (secondary N) is 2. The SMILES string of the molecule is C=P(O)(O)C(NCc1ccccc1)c1ccc(OCc2cn(CCCCCCCCNC(=O)c3ccc(SF)nc3)nn2)cc1. The number of hydrogen-bond acceptors (Lipinski definition) is 9. The maximum Gasteiger partial charge on any atom is 0.252 e. The van der Waals surface area contributed by atoms with E-state index >= 15 is 0 Å². The van der Waals surface area contributed by atoms with Gasteiger partial charge >= 0.3 is 0 Å². The Balaban J connectivity index is 1.09. The highest BCUT2D eigenvalue weighted by atomic mass is 32.2. The van der Waals surface area contributed by atoms with E-state index in [4.69, 9.17) is 4.74 Å². The first-order chi connectivity index (χ1) is 21.8. The van der Waals surface area contributed by atoms with Crippen LogP contribution in [0.25, 0.3) is 0 Å². The number of ether oxygens (including phenoxy) is 1. The van der Waals surface area contributed by atoms with Gasteiger partial charge in [0.25, 0.3) is 5.91 Å². The van der Waals surface area contributed by atoms with Crippen LogP contribution in [-0.2, 0) is 19.7 Å². The van der Waals surface area contributed by atoms with E-state index in [-0.39, 0.29) is 29.7 Å². The fourth-order valence-electron chi connectivity index (χ4n) is 4.70. The molecule has 0 saturated carbocycles. The molecule has 0 aliphatic heterocycles. The highest BCUT2D eigenvalue weighted by Crippen LogP contribution is 2.49. The molecule has 0 aliphatic rings. The summed E-state index contributed by atoms with van der Waals surface area (Å²) in [6.45, 7) is 2.14. The fraction of sp³-hybridized carbons (Fsp3) is 0.344. The maximum absolute atomic E-state index is 12.5. The lowest BCUT2D eigenvalue weighted by molar-refractivity contribution is 0.0952. The van der Waals surface area contributed by atoms with Gasteiger partial charge in [0.2, 0.25) is 0 Å². The van der Waals surface area contributed by atoms with Crippen molar-refractivity contribution in [2.45, 2.75) is 69.0 Å². The predicted octanol–water partition coefficient (Wildman–Crippen LogP) is 6.05. The lowest BCUT2D eigenvalue weighted by Gasteiger charge is -2.25. The van der Waals surface area contributed by atoms with Gasteiger partial charge in [-0.25, -0.2) is 4.98 Å². The molecule has 1 atom stereocenters. The van der Waals surface area contributed by atoms with Crippen LogP contribution in [0.4, 0.5) is 3.89 Å². The van der Waals surface area contributed by atoms with Crippen molar-refractivity contribution in [2.75, 3.05) is 6.54 Å². The van der Waals surface area contributed by atoms with Crippen molar-refractivity contribution >= 4 is 31.7 Å². The molecule has 2 aromatic heterocycles. The van der Waals surface area contributed by atoms with E-state index in [1.165, 1.54) is 12.3 Å². The number of hydrogen-bond donors (Lipinski definition) is 4. The van der Waals surface area contributed by atoms with Crippen molar-refractivity contribution in [1.82, 2.24) is 30.6 Å². The zero-order valence-corrected chi connectivity index (χ0v) is 26.8. The van der Waals surface area contributed by atoms with Crippen LogP contribution >= 0.6 is 19.5 Å². The summed E-state index contributed by atoms with van der Waals surface area (Å²) in [5.41, 5.74) is 2.92. The molecule has 1 amide bonds. The zero-order valence-electron chi connectivity index (χ0n) is 25.1. The van der Waals surface area contributed by atoms with E-state index in [9.17, 15) is 18.5 Å². The number of carbonyl (C=O) groups excluding carboxylic acids is 1. The van der Waals surface area contributed by atoms with Crippen LogP contribution in [0.1, 0.15) is 71.5 Å². The predicted molar refractivity (Wildman–Crippen MR) is 177 cm³/mol. The third-order valence-corrected chi connectivity index (χ3v) is 8.81. The summed E-state index contributed by atoms with van der Waals surface area (Å²) in [7, 11) is -3.44. The number of rotatable bonds is 19. The average molecular weight is 655 g/mol. The fourth-order valence-corrected chi connectivity index (χ4v) is 5.95. The number of benzene rings is 2. The van der Waals surface area contributed by atoms with E-state index in [0.717, 1.165) is 61.9 Å². The lowest BCUT2D eigenvalue weighted by Crippen LogP contribution is -2.24. The Morgan fingerprint density at radius 1 is 1.00 bits per heavy atom. The van der Waals surface area contributed by atoms with Crippen molar-refractivity contribution in [1.29, 1.82) is 0 Å². The summed E-state index contributed by atoms with van der Waals surface area (Å²) in [5, 5.41) is 14.7. The standard InChI is InChI=1S/C32H40FN6O4PS/c1-44(41,42)32(36-21-25-11-7-6-8-12-25)26-13-16-29(17-14-26)43-24-28-23-39(38-37-28)20-10-5-3-2-4-9-19-34-31(40)27-15-18-30(45-33)35-22-27/h6-8,11-18,22-23,32,36,41-42H,1-5,9-10,19-21,24H2,(H,34,40). The van der Waals surface area contributed by atoms with Gasteiger partial charge in [-0.3, -0.25) is 14.8 Å². The molecule has 45 heavy (non-hydrogen) atoms. The molecule has 240 valence electrons. The summed E-state index contributed by atoms with van der Waals surface area (Å²) < 4.78 is 20.2. The molecule has 0 aliphatic carbocycles. The highest BCUT2D eigenvalue weighted by molar-refractivity contribution is 7.94. The summed E-state index contributed by atoms with van der Waals surface area (Å²) in [5.74, 6) is -0.236. The molecule has 0 bridgehead atoms. The molecule has 4 rings (SSSR count). The summed E-state index contributed by atoms with van der Waals surface area (Å²) in [6.07, 6.45) is 13.1. The second-order valence-corrected chi connectivity index (χ2v) is 13.4. The van der Waals surface area contributed by atoms with E-state index in [1.54, 1.807) is 18.2 Å². The molecule has 4 N–H and O–H groups in total. The number of amides is 1. The van der Waals surface area contributed by atoms with Gasteiger partial charge in [-0.05, 0) is 48.2 Å². The van der Waals surface area contributed by atoms with Crippen LogP contribution in [0.15, 0.2) is 84.1 Å². The molecular weight excluding hydrogens is 614 g/mol. The number of aryl methyl sites for hydroxylation is 1. The highest BCUT2D eigenvalue weighted by Gasteiger charge is 2.23. The Labute approximate surface area is 267 Å². The Kier molecular flexibility index (Phi) is 13.6. The van der Waals surface area contributed by atoms with E-state index < -0.39 is 13.1 Å². The third-order valence-electron chi connectivity index (χ3n) is 7.10. The Bertz CT molecular complexity index is 1500. The largest absolute Gasteiger partial charge is 0.487 e.